The number of nitrogens with zero attached hydrogens (tertiary/aromatic N) is 1. The summed E-state index contributed by atoms with van der Waals surface area (Å²) < 4.78 is 20.3. The Bertz CT molecular complexity index is 482. The fraction of sp³-hybridized carbons (Fsp3) is 0.882. The maximum Gasteiger partial charge on any atom is 0.260 e. The second kappa shape index (κ2) is 6.04. The van der Waals surface area contributed by atoms with Gasteiger partial charge in [-0.3, -0.25) is 9.59 Å². The lowest BCUT2D eigenvalue weighted by atomic mass is 9.80. The van der Waals surface area contributed by atoms with Crippen LogP contribution >= 0.6 is 0 Å². The molecule has 2 amide bonds. The number of carbonyl (C=O) groups is 2. The van der Waals surface area contributed by atoms with Crippen molar-refractivity contribution in [2.45, 2.75) is 82.2 Å². The van der Waals surface area contributed by atoms with Gasteiger partial charge in [0.15, 0.2) is 5.67 Å². The largest absolute Gasteiger partial charge is 0.362 e. The van der Waals surface area contributed by atoms with E-state index in [9.17, 15) is 14.0 Å². The molecule has 1 spiro atoms. The Morgan fingerprint density at radius 3 is 2.35 bits per heavy atom. The molecule has 3 rings (SSSR count). The first kappa shape index (κ1) is 16.7. The average Bonchev–Trinajstić information content (AvgIpc) is 2.88. The van der Waals surface area contributed by atoms with Gasteiger partial charge in [0.05, 0.1) is 5.60 Å². The molecule has 130 valence electrons. The summed E-state index contributed by atoms with van der Waals surface area (Å²) in [4.78, 5) is 26.0. The zero-order valence-electron chi connectivity index (χ0n) is 14.1. The summed E-state index contributed by atoms with van der Waals surface area (Å²) in [7, 11) is 0. The lowest BCUT2D eigenvalue weighted by Crippen LogP contribution is -2.55. The first-order valence-corrected chi connectivity index (χ1v) is 8.80. The monoisotopic (exact) mass is 326 g/mol. The lowest BCUT2D eigenvalue weighted by molar-refractivity contribution is -0.158. The SMILES string of the molecule is CC(C)NC(=O)[C@H]1CCC2(CCN(C(=O)C3(F)CCC3)CC2)O1. The summed E-state index contributed by atoms with van der Waals surface area (Å²) in [6, 6.07) is 0.102. The molecule has 1 saturated carbocycles. The predicted molar refractivity (Wildman–Crippen MR) is 83.6 cm³/mol. The molecule has 0 unspecified atom stereocenters. The van der Waals surface area contributed by atoms with E-state index in [0.717, 1.165) is 19.3 Å². The number of carbonyl (C=O) groups excluding carboxylic acids is 2. The van der Waals surface area contributed by atoms with Crippen molar-refractivity contribution in [3.05, 3.63) is 0 Å². The van der Waals surface area contributed by atoms with Crippen molar-refractivity contribution in [1.29, 1.82) is 0 Å². The third-order valence-electron chi connectivity index (χ3n) is 5.47. The maximum atomic E-state index is 14.3. The minimum absolute atomic E-state index is 0.0486. The lowest BCUT2D eigenvalue weighted by Gasteiger charge is -2.43. The number of alkyl halides is 1. The van der Waals surface area contributed by atoms with Gasteiger partial charge in [0.1, 0.15) is 6.10 Å². The van der Waals surface area contributed by atoms with Crippen LogP contribution in [0.1, 0.15) is 58.8 Å². The van der Waals surface area contributed by atoms with Crippen LogP contribution in [0.15, 0.2) is 0 Å². The standard InChI is InChI=1S/C17H27FN2O3/c1-12(2)19-14(21)13-4-7-16(23-13)8-10-20(11-9-16)15(22)17(18)5-3-6-17/h12-13H,3-11H2,1-2H3,(H,19,21)/t13-/m1/s1. The third kappa shape index (κ3) is 3.23. The van der Waals surface area contributed by atoms with E-state index in [-0.39, 0.29) is 29.6 Å². The highest BCUT2D eigenvalue weighted by atomic mass is 19.1. The Kier molecular flexibility index (Phi) is 4.38. The molecule has 1 atom stereocenters. The van der Waals surface area contributed by atoms with E-state index in [2.05, 4.69) is 5.32 Å². The Hall–Kier alpha value is -1.17. The number of amides is 2. The Labute approximate surface area is 136 Å². The second-order valence-corrected chi connectivity index (χ2v) is 7.60. The van der Waals surface area contributed by atoms with Crippen molar-refractivity contribution >= 4 is 11.8 Å². The average molecular weight is 326 g/mol. The number of nitrogens with one attached hydrogen (secondary N) is 1. The summed E-state index contributed by atoms with van der Waals surface area (Å²) in [6.07, 6.45) is 4.09. The molecule has 0 aromatic heterocycles. The molecule has 1 N–H and O–H groups in total. The van der Waals surface area contributed by atoms with Gasteiger partial charge in [-0.2, -0.15) is 0 Å². The van der Waals surface area contributed by atoms with Gasteiger partial charge in [-0.1, -0.05) is 0 Å². The molecule has 3 fully saturated rings. The van der Waals surface area contributed by atoms with Crippen LogP contribution in [-0.2, 0) is 14.3 Å². The Morgan fingerprint density at radius 2 is 1.83 bits per heavy atom. The van der Waals surface area contributed by atoms with Gasteiger partial charge in [0, 0.05) is 19.1 Å². The Balaban J connectivity index is 1.53. The highest BCUT2D eigenvalue weighted by Gasteiger charge is 2.50. The topological polar surface area (TPSA) is 58.6 Å². The summed E-state index contributed by atoms with van der Waals surface area (Å²) >= 11 is 0. The zero-order chi connectivity index (χ0) is 16.7. The van der Waals surface area contributed by atoms with E-state index in [1.54, 1.807) is 4.90 Å². The molecule has 0 aromatic carbocycles. The fourth-order valence-electron chi connectivity index (χ4n) is 3.85. The van der Waals surface area contributed by atoms with E-state index in [0.29, 0.717) is 38.8 Å². The van der Waals surface area contributed by atoms with E-state index >= 15 is 0 Å². The number of piperidine rings is 1. The summed E-state index contributed by atoms with van der Waals surface area (Å²) in [5, 5.41) is 2.89. The second-order valence-electron chi connectivity index (χ2n) is 7.60. The highest BCUT2D eigenvalue weighted by molar-refractivity contribution is 5.86. The van der Waals surface area contributed by atoms with Crippen LogP contribution in [0.4, 0.5) is 4.39 Å². The number of hydrogen-bond acceptors (Lipinski definition) is 3. The van der Waals surface area contributed by atoms with Crippen molar-refractivity contribution in [3.63, 3.8) is 0 Å². The number of rotatable bonds is 3. The van der Waals surface area contributed by atoms with Crippen LogP contribution in [0.3, 0.4) is 0 Å². The molecule has 3 aliphatic rings. The molecular weight excluding hydrogens is 299 g/mol. The zero-order valence-corrected chi connectivity index (χ0v) is 14.1. The molecule has 0 aromatic rings. The number of likely N-dealkylation sites (tertiary alicyclic amines) is 1. The minimum atomic E-state index is -1.61. The molecule has 1 aliphatic carbocycles. The van der Waals surface area contributed by atoms with Crippen molar-refractivity contribution in [3.8, 4) is 0 Å². The van der Waals surface area contributed by atoms with Gasteiger partial charge >= 0.3 is 0 Å². The molecule has 5 nitrogen and oxygen atoms in total. The van der Waals surface area contributed by atoms with E-state index in [4.69, 9.17) is 4.74 Å². The quantitative estimate of drug-likeness (QED) is 0.862. The number of hydrogen-bond donors (Lipinski definition) is 1. The molecule has 6 heteroatoms. The van der Waals surface area contributed by atoms with E-state index in [1.807, 2.05) is 13.8 Å². The van der Waals surface area contributed by atoms with Gasteiger partial charge in [0.25, 0.3) is 5.91 Å². The maximum absolute atomic E-state index is 14.3. The molecule has 0 bridgehead atoms. The predicted octanol–water partition coefficient (Wildman–Crippen LogP) is 1.94. The number of ether oxygens (including phenoxy) is 1. The van der Waals surface area contributed by atoms with Gasteiger partial charge in [-0.05, 0) is 58.8 Å². The summed E-state index contributed by atoms with van der Waals surface area (Å²) in [5.74, 6) is -0.391. The van der Waals surface area contributed by atoms with Crippen molar-refractivity contribution < 1.29 is 18.7 Å². The van der Waals surface area contributed by atoms with Crippen LogP contribution in [0, 0.1) is 0 Å². The molecule has 2 heterocycles. The third-order valence-corrected chi connectivity index (χ3v) is 5.47. The molecule has 2 aliphatic heterocycles. The summed E-state index contributed by atoms with van der Waals surface area (Å²) in [6.45, 7) is 4.92. The minimum Gasteiger partial charge on any atom is -0.362 e. The van der Waals surface area contributed by atoms with E-state index in [1.165, 1.54) is 0 Å². The van der Waals surface area contributed by atoms with Crippen LogP contribution < -0.4 is 5.32 Å². The van der Waals surface area contributed by atoms with Crippen LogP contribution in [0.2, 0.25) is 0 Å². The van der Waals surface area contributed by atoms with Crippen molar-refractivity contribution in [2.75, 3.05) is 13.1 Å². The number of halogens is 1. The fourth-order valence-corrected chi connectivity index (χ4v) is 3.85. The normalized spacial score (nSPS) is 28.7. The smallest absolute Gasteiger partial charge is 0.260 e. The van der Waals surface area contributed by atoms with Gasteiger partial charge in [-0.25, -0.2) is 4.39 Å². The molecule has 2 saturated heterocycles. The molecule has 23 heavy (non-hydrogen) atoms. The van der Waals surface area contributed by atoms with Crippen molar-refractivity contribution in [2.24, 2.45) is 0 Å². The van der Waals surface area contributed by atoms with E-state index < -0.39 is 5.67 Å². The molecular formula is C17H27FN2O3. The van der Waals surface area contributed by atoms with Crippen LogP contribution in [-0.4, -0.2) is 53.2 Å². The Morgan fingerprint density at radius 1 is 1.17 bits per heavy atom. The summed E-state index contributed by atoms with van der Waals surface area (Å²) in [5.41, 5.74) is -1.92. The van der Waals surface area contributed by atoms with Gasteiger partial charge in [-0.15, -0.1) is 0 Å². The highest BCUT2D eigenvalue weighted by Crippen LogP contribution is 2.42. The van der Waals surface area contributed by atoms with Gasteiger partial charge in [0.2, 0.25) is 5.91 Å². The van der Waals surface area contributed by atoms with Gasteiger partial charge < -0.3 is 15.0 Å². The first-order chi connectivity index (χ1) is 10.8. The van der Waals surface area contributed by atoms with Crippen LogP contribution in [0.25, 0.3) is 0 Å². The van der Waals surface area contributed by atoms with Crippen LogP contribution in [0.5, 0.6) is 0 Å². The first-order valence-electron chi connectivity index (χ1n) is 8.80. The molecule has 0 radical (unpaired) electrons. The van der Waals surface area contributed by atoms with Crippen molar-refractivity contribution in [1.82, 2.24) is 10.2 Å².